The number of rotatable bonds is 7. The van der Waals surface area contributed by atoms with Crippen molar-refractivity contribution in [1.29, 1.82) is 0 Å². The molecule has 1 aromatic heterocycles. The van der Waals surface area contributed by atoms with Crippen LogP contribution in [0.4, 0.5) is 0 Å². The molecule has 0 saturated carbocycles. The van der Waals surface area contributed by atoms with Gasteiger partial charge in [0.15, 0.2) is 0 Å². The van der Waals surface area contributed by atoms with Crippen molar-refractivity contribution >= 4 is 11.9 Å². The van der Waals surface area contributed by atoms with Gasteiger partial charge in [-0.3, -0.25) is 14.7 Å². The number of H-pyrrole nitrogens is 1. The quantitative estimate of drug-likeness (QED) is 0.683. The van der Waals surface area contributed by atoms with Gasteiger partial charge < -0.3 is 10.4 Å². The van der Waals surface area contributed by atoms with Gasteiger partial charge in [0.1, 0.15) is 5.82 Å². The molecule has 0 fully saturated rings. The van der Waals surface area contributed by atoms with Crippen LogP contribution in [0.25, 0.3) is 0 Å². The van der Waals surface area contributed by atoms with Crippen molar-refractivity contribution in [2.75, 3.05) is 6.54 Å². The fourth-order valence-corrected chi connectivity index (χ4v) is 1.91. The summed E-state index contributed by atoms with van der Waals surface area (Å²) < 4.78 is 0. The van der Waals surface area contributed by atoms with Crippen LogP contribution in [0.15, 0.2) is 0 Å². The second kappa shape index (κ2) is 6.86. The van der Waals surface area contributed by atoms with Gasteiger partial charge in [-0.25, -0.2) is 4.98 Å². The van der Waals surface area contributed by atoms with Gasteiger partial charge in [-0.1, -0.05) is 13.8 Å². The average Bonchev–Trinajstić information content (AvgIpc) is 2.71. The molecule has 1 heterocycles. The zero-order chi connectivity index (χ0) is 14.4. The minimum Gasteiger partial charge on any atom is -0.481 e. The number of aryl methyl sites for hydroxylation is 1. The van der Waals surface area contributed by atoms with E-state index in [0.717, 1.165) is 6.42 Å². The van der Waals surface area contributed by atoms with Crippen LogP contribution in [-0.2, 0) is 4.79 Å². The smallest absolute Gasteiger partial charge is 0.303 e. The normalized spacial score (nSPS) is 12.4. The van der Waals surface area contributed by atoms with Crippen molar-refractivity contribution < 1.29 is 14.7 Å². The van der Waals surface area contributed by atoms with Crippen LogP contribution in [0.2, 0.25) is 0 Å². The van der Waals surface area contributed by atoms with Crippen LogP contribution in [0.3, 0.4) is 0 Å². The molecular formula is C12H20N4O3. The number of nitrogens with one attached hydrogen (secondary N) is 2. The molecule has 0 aliphatic heterocycles. The van der Waals surface area contributed by atoms with Crippen LogP contribution >= 0.6 is 0 Å². The van der Waals surface area contributed by atoms with E-state index in [9.17, 15) is 9.59 Å². The third-order valence-electron chi connectivity index (χ3n) is 2.62. The van der Waals surface area contributed by atoms with E-state index < -0.39 is 5.97 Å². The van der Waals surface area contributed by atoms with Crippen LogP contribution in [-0.4, -0.2) is 38.7 Å². The average molecular weight is 268 g/mol. The van der Waals surface area contributed by atoms with Crippen molar-refractivity contribution in [2.24, 2.45) is 11.8 Å². The molecular weight excluding hydrogens is 248 g/mol. The van der Waals surface area contributed by atoms with E-state index in [1.165, 1.54) is 0 Å². The van der Waals surface area contributed by atoms with E-state index >= 15 is 0 Å². The Balaban J connectivity index is 2.50. The summed E-state index contributed by atoms with van der Waals surface area (Å²) in [7, 11) is 0. The maximum absolute atomic E-state index is 11.7. The molecule has 0 radical (unpaired) electrons. The van der Waals surface area contributed by atoms with Gasteiger partial charge in [0.2, 0.25) is 5.82 Å². The SMILES string of the molecule is Cc1nc(C(=O)NCC(CC(=O)O)CC(C)C)n[nH]1. The molecule has 1 unspecified atom stereocenters. The Morgan fingerprint density at radius 3 is 2.58 bits per heavy atom. The lowest BCUT2D eigenvalue weighted by Crippen LogP contribution is -2.31. The minimum absolute atomic E-state index is 0.0471. The molecule has 1 atom stereocenters. The van der Waals surface area contributed by atoms with Crippen LogP contribution in [0, 0.1) is 18.8 Å². The fourth-order valence-electron chi connectivity index (χ4n) is 1.91. The lowest BCUT2D eigenvalue weighted by Gasteiger charge is -2.17. The summed E-state index contributed by atoms with van der Waals surface area (Å²) >= 11 is 0. The van der Waals surface area contributed by atoms with Crippen molar-refractivity contribution in [3.8, 4) is 0 Å². The first kappa shape index (κ1) is 15.1. The van der Waals surface area contributed by atoms with E-state index in [1.54, 1.807) is 6.92 Å². The maximum Gasteiger partial charge on any atom is 0.303 e. The highest BCUT2D eigenvalue weighted by atomic mass is 16.4. The Hall–Kier alpha value is -1.92. The van der Waals surface area contributed by atoms with E-state index in [-0.39, 0.29) is 24.1 Å². The van der Waals surface area contributed by atoms with Crippen LogP contribution < -0.4 is 5.32 Å². The molecule has 7 heteroatoms. The summed E-state index contributed by atoms with van der Waals surface area (Å²) in [6.07, 6.45) is 0.797. The molecule has 3 N–H and O–H groups in total. The number of carbonyl (C=O) groups is 2. The number of carbonyl (C=O) groups excluding carboxylic acids is 1. The fraction of sp³-hybridized carbons (Fsp3) is 0.667. The Labute approximate surface area is 111 Å². The number of carboxylic acid groups (broad SMARTS) is 1. The summed E-state index contributed by atoms with van der Waals surface area (Å²) in [5.41, 5.74) is 0. The number of amides is 1. The highest BCUT2D eigenvalue weighted by Gasteiger charge is 2.18. The van der Waals surface area contributed by atoms with Crippen molar-refractivity contribution in [3.05, 3.63) is 11.6 Å². The predicted molar refractivity (Wildman–Crippen MR) is 68.7 cm³/mol. The van der Waals surface area contributed by atoms with E-state index in [2.05, 4.69) is 20.5 Å². The van der Waals surface area contributed by atoms with Gasteiger partial charge in [0.25, 0.3) is 5.91 Å². The minimum atomic E-state index is -0.853. The second-order valence-corrected chi connectivity index (χ2v) is 5.05. The standard InChI is InChI=1S/C12H20N4O3/c1-7(2)4-9(5-10(17)18)6-13-12(19)11-14-8(3)15-16-11/h7,9H,4-6H2,1-3H3,(H,13,19)(H,17,18)(H,14,15,16). The van der Waals surface area contributed by atoms with Crippen LogP contribution in [0.5, 0.6) is 0 Å². The summed E-state index contributed by atoms with van der Waals surface area (Å²) in [6, 6.07) is 0. The molecule has 0 aliphatic carbocycles. The first-order chi connectivity index (χ1) is 8.88. The highest BCUT2D eigenvalue weighted by molar-refractivity contribution is 5.90. The lowest BCUT2D eigenvalue weighted by molar-refractivity contribution is -0.138. The van der Waals surface area contributed by atoms with Gasteiger partial charge in [0, 0.05) is 13.0 Å². The van der Waals surface area contributed by atoms with E-state index in [1.807, 2.05) is 13.8 Å². The molecule has 106 valence electrons. The molecule has 0 saturated heterocycles. The van der Waals surface area contributed by atoms with Crippen molar-refractivity contribution in [2.45, 2.75) is 33.6 Å². The summed E-state index contributed by atoms with van der Waals surface area (Å²) in [4.78, 5) is 26.4. The van der Waals surface area contributed by atoms with Gasteiger partial charge >= 0.3 is 5.97 Å². The number of hydrogen-bond donors (Lipinski definition) is 3. The maximum atomic E-state index is 11.7. The Morgan fingerprint density at radius 2 is 2.11 bits per heavy atom. The Morgan fingerprint density at radius 1 is 1.42 bits per heavy atom. The van der Waals surface area contributed by atoms with Gasteiger partial charge in [-0.15, -0.1) is 5.10 Å². The van der Waals surface area contributed by atoms with Crippen molar-refractivity contribution in [1.82, 2.24) is 20.5 Å². The zero-order valence-electron chi connectivity index (χ0n) is 11.4. The Kier molecular flexibility index (Phi) is 5.47. The number of nitrogens with zero attached hydrogens (tertiary/aromatic N) is 2. The van der Waals surface area contributed by atoms with E-state index in [4.69, 9.17) is 5.11 Å². The van der Waals surface area contributed by atoms with Gasteiger partial charge in [-0.05, 0) is 25.2 Å². The molecule has 0 spiro atoms. The van der Waals surface area contributed by atoms with Gasteiger partial charge in [-0.2, -0.15) is 0 Å². The Bertz CT molecular complexity index is 442. The van der Waals surface area contributed by atoms with Gasteiger partial charge in [0.05, 0.1) is 0 Å². The lowest BCUT2D eigenvalue weighted by atomic mass is 9.94. The molecule has 19 heavy (non-hydrogen) atoms. The first-order valence-corrected chi connectivity index (χ1v) is 6.27. The van der Waals surface area contributed by atoms with E-state index in [0.29, 0.717) is 18.3 Å². The molecule has 1 amide bonds. The number of carboxylic acids is 1. The highest BCUT2D eigenvalue weighted by Crippen LogP contribution is 2.14. The molecule has 7 nitrogen and oxygen atoms in total. The number of hydrogen-bond acceptors (Lipinski definition) is 4. The monoisotopic (exact) mass is 268 g/mol. The largest absolute Gasteiger partial charge is 0.481 e. The third-order valence-corrected chi connectivity index (χ3v) is 2.62. The summed E-state index contributed by atoms with van der Waals surface area (Å²) in [6.45, 7) is 6.07. The molecule has 1 rings (SSSR count). The first-order valence-electron chi connectivity index (χ1n) is 6.27. The predicted octanol–water partition coefficient (Wildman–Crippen LogP) is 0.980. The topological polar surface area (TPSA) is 108 Å². The second-order valence-electron chi connectivity index (χ2n) is 5.05. The van der Waals surface area contributed by atoms with Crippen LogP contribution in [0.1, 0.15) is 43.1 Å². The number of aliphatic carboxylic acids is 1. The summed E-state index contributed by atoms with van der Waals surface area (Å²) in [5.74, 6) is -0.295. The number of aromatic nitrogens is 3. The van der Waals surface area contributed by atoms with Crippen molar-refractivity contribution in [3.63, 3.8) is 0 Å². The molecule has 1 aromatic rings. The molecule has 0 bridgehead atoms. The number of aromatic amines is 1. The summed E-state index contributed by atoms with van der Waals surface area (Å²) in [5, 5.41) is 17.9. The molecule has 0 aliphatic rings. The molecule has 0 aromatic carbocycles. The third kappa shape index (κ3) is 5.50. The zero-order valence-corrected chi connectivity index (χ0v) is 11.4.